The maximum atomic E-state index is 12.7. The van der Waals surface area contributed by atoms with Crippen molar-refractivity contribution in [3.8, 4) is 21.7 Å². The Bertz CT molecular complexity index is 2020. The van der Waals surface area contributed by atoms with E-state index in [4.69, 9.17) is 26.4 Å². The minimum Gasteiger partial charge on any atom is -0.479 e. The molecule has 3 N–H and O–H groups in total. The van der Waals surface area contributed by atoms with E-state index >= 15 is 0 Å². The van der Waals surface area contributed by atoms with E-state index in [1.54, 1.807) is 11.3 Å². The van der Waals surface area contributed by atoms with Crippen LogP contribution in [0.3, 0.4) is 0 Å². The second kappa shape index (κ2) is 12.4. The van der Waals surface area contributed by atoms with Crippen molar-refractivity contribution < 1.29 is 23.7 Å². The van der Waals surface area contributed by atoms with Gasteiger partial charge in [-0.15, -0.1) is 11.3 Å². The molecule has 2 aliphatic heterocycles. The molecule has 2 fully saturated rings. The van der Waals surface area contributed by atoms with Crippen LogP contribution in [0.1, 0.15) is 62.5 Å². The van der Waals surface area contributed by atoms with E-state index in [-0.39, 0.29) is 6.04 Å². The number of rotatable bonds is 7. The number of likely N-dealkylation sites (tertiary alicyclic amines) is 1. The molecule has 254 valence electrons. The Hall–Kier alpha value is -3.03. The average molecular weight is 709 g/mol. The Morgan fingerprint density at radius 3 is 2.35 bits per heavy atom. The van der Waals surface area contributed by atoms with Crippen LogP contribution in [0.5, 0.6) is 0 Å². The highest BCUT2D eigenvalue weighted by Crippen LogP contribution is 2.51. The number of aryl methyl sites for hydroxylation is 2. The molecule has 0 amide bonds. The molecular weight excluding hydrogens is 668 g/mol. The van der Waals surface area contributed by atoms with Crippen LogP contribution < -0.4 is 0 Å². The number of hydrogen-bond donors (Lipinski definition) is 3. The van der Waals surface area contributed by atoms with Gasteiger partial charge in [0.05, 0.1) is 38.5 Å². The van der Waals surface area contributed by atoms with E-state index in [9.17, 15) is 19.0 Å². The van der Waals surface area contributed by atoms with Gasteiger partial charge in [0, 0.05) is 46.1 Å². The van der Waals surface area contributed by atoms with Crippen molar-refractivity contribution in [3.63, 3.8) is 0 Å². The number of halogens is 1. The molecule has 5 aromatic rings. The summed E-state index contributed by atoms with van der Waals surface area (Å²) >= 11 is 7.83. The maximum Gasteiger partial charge on any atom is 0.337 e. The number of aromatic nitrogens is 3. The number of ether oxygens (including phenoxy) is 1. The van der Waals surface area contributed by atoms with Gasteiger partial charge < -0.3 is 9.84 Å². The van der Waals surface area contributed by atoms with E-state index in [2.05, 4.69) is 23.1 Å². The second-order valence-corrected chi connectivity index (χ2v) is 17.9. The number of carbonyl (C=O) groups is 1. The average Bonchev–Trinajstić information content (AvgIpc) is 3.58. The molecule has 4 heterocycles. The van der Waals surface area contributed by atoms with Crippen LogP contribution in [0.4, 0.5) is 0 Å². The number of aliphatic carboxylic acids is 1. The molecule has 1 atom stereocenters. The van der Waals surface area contributed by atoms with Crippen molar-refractivity contribution in [1.29, 1.82) is 0 Å². The Kier molecular flexibility index (Phi) is 8.63. The van der Waals surface area contributed by atoms with E-state index in [0.29, 0.717) is 28.0 Å². The fraction of sp³-hybridized carbons (Fsp3) is 0.417. The van der Waals surface area contributed by atoms with E-state index in [0.717, 1.165) is 80.0 Å². The second-order valence-electron chi connectivity index (χ2n) is 14.1. The quantitative estimate of drug-likeness (QED) is 0.154. The highest BCUT2D eigenvalue weighted by atomic mass is 35.5. The Morgan fingerprint density at radius 2 is 1.73 bits per heavy atom. The minimum absolute atomic E-state index is 0.273. The summed E-state index contributed by atoms with van der Waals surface area (Å²) < 4.78 is 28.8. The van der Waals surface area contributed by atoms with Gasteiger partial charge in [0.1, 0.15) is 5.01 Å². The molecule has 48 heavy (non-hydrogen) atoms. The molecule has 12 heteroatoms. The van der Waals surface area contributed by atoms with Gasteiger partial charge in [0.15, 0.2) is 6.10 Å². The Labute approximate surface area is 290 Å². The first-order valence-corrected chi connectivity index (χ1v) is 19.3. The first-order valence-electron chi connectivity index (χ1n) is 16.2. The lowest BCUT2D eigenvalue weighted by Gasteiger charge is -2.52. The van der Waals surface area contributed by atoms with Crippen molar-refractivity contribution in [2.24, 2.45) is 7.05 Å². The molecule has 2 aromatic heterocycles. The van der Waals surface area contributed by atoms with Crippen LogP contribution in [-0.4, -0.2) is 76.1 Å². The van der Waals surface area contributed by atoms with E-state index in [1.807, 2.05) is 69.8 Å². The summed E-state index contributed by atoms with van der Waals surface area (Å²) in [6.45, 7) is 9.35. The van der Waals surface area contributed by atoms with Crippen LogP contribution in [0.2, 0.25) is 5.02 Å². The molecule has 0 saturated carbocycles. The zero-order valence-electron chi connectivity index (χ0n) is 27.7. The zero-order valence-corrected chi connectivity index (χ0v) is 30.1. The molecule has 0 spiro atoms. The molecule has 9 nitrogen and oxygen atoms in total. The van der Waals surface area contributed by atoms with Crippen molar-refractivity contribution in [2.45, 2.75) is 64.2 Å². The molecule has 0 aliphatic carbocycles. The number of hydrogen-bond acceptors (Lipinski definition) is 8. The Balaban J connectivity index is 1.29. The predicted octanol–water partition coefficient (Wildman–Crippen LogP) is 8.73. The van der Waals surface area contributed by atoms with Gasteiger partial charge in [0.2, 0.25) is 0 Å². The molecular formula is C36H41ClN4O5S2. The number of thiazole rings is 1. The number of carboxylic acids is 1. The van der Waals surface area contributed by atoms with E-state index in [1.165, 1.54) is 0 Å². The highest BCUT2D eigenvalue weighted by Gasteiger charge is 2.39. The maximum absolute atomic E-state index is 12.7. The van der Waals surface area contributed by atoms with Gasteiger partial charge in [-0.05, 0) is 101 Å². The third kappa shape index (κ3) is 6.37. The third-order valence-electron chi connectivity index (χ3n) is 9.50. The first kappa shape index (κ1) is 33.5. The summed E-state index contributed by atoms with van der Waals surface area (Å²) in [5.41, 5.74) is 6.32. The number of nitrogens with zero attached hydrogens (tertiary/aromatic N) is 4. The highest BCUT2D eigenvalue weighted by molar-refractivity contribution is 8.25. The minimum atomic E-state index is -2.35. The van der Waals surface area contributed by atoms with Crippen LogP contribution in [0, 0.1) is 6.92 Å². The molecule has 3 aromatic carbocycles. The fourth-order valence-electron chi connectivity index (χ4n) is 7.21. The summed E-state index contributed by atoms with van der Waals surface area (Å²) in [6, 6.07) is 16.1. The standard InChI is InChI=1S/C36H41ClN4O5S2/c1-20-16-27-33(30(21-6-9-24(37)10-7-21)29(20)32(35(42)43)46-36(2,3)4)47-34(38-27)23-8-11-28-26(17-23)31(39-40(28)5)22-12-14-41(15-13-22)25-18-48(44,45)19-25/h6-11,16-17,22,25,32,44-45H,12-15,18-19H2,1-5H3,(H,42,43)/t32-/m0/s1. The van der Waals surface area contributed by atoms with Crippen molar-refractivity contribution >= 4 is 60.6 Å². The number of fused-ring (bicyclic) bond motifs is 2. The summed E-state index contributed by atoms with van der Waals surface area (Å²) in [6.07, 6.45) is 0.772. The number of carboxylic acid groups (broad SMARTS) is 1. The SMILES string of the molecule is Cc1cc2nc(-c3ccc4c(c3)c(C3CCN(C5CS(O)(O)C5)CC3)nn4C)sc2c(-c2ccc(Cl)cc2)c1[C@H](OC(C)(C)C)C(=O)O. The van der Waals surface area contributed by atoms with Gasteiger partial charge in [0.25, 0.3) is 0 Å². The summed E-state index contributed by atoms with van der Waals surface area (Å²) in [7, 11) is -0.368. The van der Waals surface area contributed by atoms with Crippen LogP contribution in [0.25, 0.3) is 42.8 Å². The smallest absolute Gasteiger partial charge is 0.337 e. The van der Waals surface area contributed by atoms with Gasteiger partial charge in [-0.3, -0.25) is 18.7 Å². The van der Waals surface area contributed by atoms with Gasteiger partial charge in [-0.1, -0.05) is 23.7 Å². The first-order chi connectivity index (χ1) is 22.7. The predicted molar refractivity (Wildman–Crippen MR) is 196 cm³/mol. The molecule has 0 unspecified atom stereocenters. The van der Waals surface area contributed by atoms with Gasteiger partial charge >= 0.3 is 5.97 Å². The van der Waals surface area contributed by atoms with E-state index < -0.39 is 28.3 Å². The summed E-state index contributed by atoms with van der Waals surface area (Å²) in [5.74, 6) is 0.263. The summed E-state index contributed by atoms with van der Waals surface area (Å²) in [4.78, 5) is 20.2. The fourth-order valence-corrected chi connectivity index (χ4v) is 10.0. The lowest BCUT2D eigenvalue weighted by molar-refractivity contribution is -0.160. The zero-order chi connectivity index (χ0) is 34.1. The third-order valence-corrected chi connectivity index (χ3v) is 12.7. The molecule has 0 radical (unpaired) electrons. The van der Waals surface area contributed by atoms with Crippen molar-refractivity contribution in [3.05, 3.63) is 70.4 Å². The van der Waals surface area contributed by atoms with Crippen LogP contribution >= 0.6 is 33.5 Å². The molecule has 0 bridgehead atoms. The molecule has 7 rings (SSSR count). The largest absolute Gasteiger partial charge is 0.479 e. The lowest BCUT2D eigenvalue weighted by Crippen LogP contribution is -2.53. The Morgan fingerprint density at radius 1 is 1.06 bits per heavy atom. The van der Waals surface area contributed by atoms with Crippen LogP contribution in [0.15, 0.2) is 48.5 Å². The van der Waals surface area contributed by atoms with Gasteiger partial charge in [-0.2, -0.15) is 15.7 Å². The molecule has 2 aliphatic rings. The van der Waals surface area contributed by atoms with Crippen LogP contribution in [-0.2, 0) is 16.6 Å². The van der Waals surface area contributed by atoms with Gasteiger partial charge in [-0.25, -0.2) is 9.78 Å². The number of benzene rings is 3. The van der Waals surface area contributed by atoms with Crippen molar-refractivity contribution in [2.75, 3.05) is 24.6 Å². The normalized spacial score (nSPS) is 19.1. The number of piperidine rings is 1. The lowest BCUT2D eigenvalue weighted by atomic mass is 9.90. The topological polar surface area (TPSA) is 121 Å². The van der Waals surface area contributed by atoms with Crippen molar-refractivity contribution in [1.82, 2.24) is 19.7 Å². The molecule has 2 saturated heterocycles. The monoisotopic (exact) mass is 708 g/mol. The summed E-state index contributed by atoms with van der Waals surface area (Å²) in [5, 5.41) is 18.0.